The van der Waals surface area contributed by atoms with Gasteiger partial charge in [0.15, 0.2) is 0 Å². The van der Waals surface area contributed by atoms with Crippen LogP contribution in [0, 0.1) is 5.92 Å². The van der Waals surface area contributed by atoms with Gasteiger partial charge in [-0.05, 0) is 32.4 Å². The van der Waals surface area contributed by atoms with Crippen LogP contribution in [0.15, 0.2) is 0 Å². The van der Waals surface area contributed by atoms with Crippen molar-refractivity contribution >= 4 is 12.0 Å². The lowest BCUT2D eigenvalue weighted by Gasteiger charge is -2.23. The summed E-state index contributed by atoms with van der Waals surface area (Å²) in [4.78, 5) is 26.9. The van der Waals surface area contributed by atoms with E-state index in [1.807, 2.05) is 0 Å². The van der Waals surface area contributed by atoms with Crippen molar-refractivity contribution in [1.29, 1.82) is 0 Å². The van der Waals surface area contributed by atoms with Crippen LogP contribution in [0.3, 0.4) is 0 Å². The second-order valence-corrected chi connectivity index (χ2v) is 5.56. The maximum atomic E-state index is 11.9. The van der Waals surface area contributed by atoms with Gasteiger partial charge in [0, 0.05) is 25.7 Å². The van der Waals surface area contributed by atoms with Crippen molar-refractivity contribution in [3.63, 3.8) is 0 Å². The normalized spacial score (nSPS) is 25.5. The van der Waals surface area contributed by atoms with Gasteiger partial charge in [-0.2, -0.15) is 0 Å². The average molecular weight is 269 g/mol. The molecule has 2 rings (SSSR count). The number of carboxylic acids is 1. The van der Waals surface area contributed by atoms with Crippen molar-refractivity contribution < 1.29 is 14.7 Å². The third kappa shape index (κ3) is 3.59. The molecular weight excluding hydrogens is 246 g/mol. The Bertz CT molecular complexity index is 342. The Morgan fingerprint density at radius 1 is 1.32 bits per heavy atom. The number of carbonyl (C=O) groups is 2. The Labute approximate surface area is 113 Å². The number of carbonyl (C=O) groups excluding carboxylic acids is 1. The van der Waals surface area contributed by atoms with E-state index >= 15 is 0 Å². The number of likely N-dealkylation sites (tertiary alicyclic amines) is 2. The zero-order valence-corrected chi connectivity index (χ0v) is 11.5. The Morgan fingerprint density at radius 3 is 2.63 bits per heavy atom. The number of hydrogen-bond donors (Lipinski definition) is 2. The molecule has 2 unspecified atom stereocenters. The number of nitrogens with zero attached hydrogens (tertiary/aromatic N) is 2. The minimum Gasteiger partial charge on any atom is -0.481 e. The molecule has 2 amide bonds. The van der Waals surface area contributed by atoms with Crippen LogP contribution in [-0.4, -0.2) is 65.7 Å². The van der Waals surface area contributed by atoms with Crippen LogP contribution < -0.4 is 5.32 Å². The Balaban J connectivity index is 1.73. The lowest BCUT2D eigenvalue weighted by atomic mass is 10.2. The third-order valence-electron chi connectivity index (χ3n) is 4.09. The molecule has 0 aromatic carbocycles. The summed E-state index contributed by atoms with van der Waals surface area (Å²) in [6, 6.07) is 0.361. The van der Waals surface area contributed by atoms with Crippen LogP contribution in [-0.2, 0) is 4.79 Å². The lowest BCUT2D eigenvalue weighted by molar-refractivity contribution is -0.140. The van der Waals surface area contributed by atoms with E-state index < -0.39 is 11.9 Å². The van der Waals surface area contributed by atoms with Crippen molar-refractivity contribution in [2.45, 2.75) is 32.2 Å². The van der Waals surface area contributed by atoms with Gasteiger partial charge in [-0.15, -0.1) is 0 Å². The van der Waals surface area contributed by atoms with Gasteiger partial charge in [0.25, 0.3) is 0 Å². The number of aliphatic carboxylic acids is 1. The van der Waals surface area contributed by atoms with Gasteiger partial charge in [-0.25, -0.2) is 4.79 Å². The molecule has 2 aliphatic rings. The van der Waals surface area contributed by atoms with E-state index in [1.165, 1.54) is 12.8 Å². The van der Waals surface area contributed by atoms with E-state index in [0.29, 0.717) is 6.04 Å². The maximum Gasteiger partial charge on any atom is 0.317 e. The van der Waals surface area contributed by atoms with Gasteiger partial charge in [-0.3, -0.25) is 9.69 Å². The SMILES string of the molecule is CC(CNC(=O)N1CCC(N2CCCC2)C1)C(=O)O. The first-order chi connectivity index (χ1) is 9.08. The number of urea groups is 1. The van der Waals surface area contributed by atoms with Crippen molar-refractivity contribution in [1.82, 2.24) is 15.1 Å². The summed E-state index contributed by atoms with van der Waals surface area (Å²) < 4.78 is 0. The largest absolute Gasteiger partial charge is 0.481 e. The maximum absolute atomic E-state index is 11.9. The van der Waals surface area contributed by atoms with Crippen LogP contribution in [0.25, 0.3) is 0 Å². The molecule has 6 nitrogen and oxygen atoms in total. The molecule has 108 valence electrons. The average Bonchev–Trinajstić information content (AvgIpc) is 3.04. The molecule has 2 fully saturated rings. The molecule has 2 saturated heterocycles. The topological polar surface area (TPSA) is 72.9 Å². The van der Waals surface area contributed by atoms with Crippen molar-refractivity contribution in [3.05, 3.63) is 0 Å². The van der Waals surface area contributed by atoms with Gasteiger partial charge in [0.1, 0.15) is 0 Å². The number of carboxylic acid groups (broad SMARTS) is 1. The van der Waals surface area contributed by atoms with Crippen LogP contribution in [0.5, 0.6) is 0 Å². The molecule has 2 heterocycles. The molecule has 0 aromatic rings. The van der Waals surface area contributed by atoms with Crippen LogP contribution in [0.4, 0.5) is 4.79 Å². The van der Waals surface area contributed by atoms with E-state index in [-0.39, 0.29) is 12.6 Å². The minimum absolute atomic E-state index is 0.130. The molecule has 0 saturated carbocycles. The molecule has 6 heteroatoms. The number of nitrogens with one attached hydrogen (secondary N) is 1. The third-order valence-corrected chi connectivity index (χ3v) is 4.09. The van der Waals surface area contributed by atoms with Gasteiger partial charge in [0.2, 0.25) is 0 Å². The van der Waals surface area contributed by atoms with Crippen molar-refractivity contribution in [2.24, 2.45) is 5.92 Å². The molecule has 0 spiro atoms. The Morgan fingerprint density at radius 2 is 2.00 bits per heavy atom. The summed E-state index contributed by atoms with van der Waals surface area (Å²) in [7, 11) is 0. The molecule has 0 aromatic heterocycles. The minimum atomic E-state index is -0.878. The van der Waals surface area contributed by atoms with Crippen LogP contribution in [0.1, 0.15) is 26.2 Å². The predicted octanol–water partition coefficient (Wildman–Crippen LogP) is 0.587. The van der Waals surface area contributed by atoms with Gasteiger partial charge in [-0.1, -0.05) is 6.92 Å². The molecule has 19 heavy (non-hydrogen) atoms. The summed E-state index contributed by atoms with van der Waals surface area (Å²) in [6.45, 7) is 5.63. The second kappa shape index (κ2) is 6.23. The summed E-state index contributed by atoms with van der Waals surface area (Å²) in [5.41, 5.74) is 0. The first-order valence-corrected chi connectivity index (χ1v) is 7.07. The van der Waals surface area contributed by atoms with Crippen LogP contribution >= 0.6 is 0 Å². The molecule has 2 aliphatic heterocycles. The highest BCUT2D eigenvalue weighted by Crippen LogP contribution is 2.20. The zero-order chi connectivity index (χ0) is 13.8. The molecule has 0 radical (unpaired) electrons. The first kappa shape index (κ1) is 14.1. The van der Waals surface area contributed by atoms with Gasteiger partial charge >= 0.3 is 12.0 Å². The number of rotatable bonds is 4. The fourth-order valence-corrected chi connectivity index (χ4v) is 2.77. The second-order valence-electron chi connectivity index (χ2n) is 5.56. The van der Waals surface area contributed by atoms with E-state index in [1.54, 1.807) is 11.8 Å². The number of hydrogen-bond acceptors (Lipinski definition) is 3. The van der Waals surface area contributed by atoms with E-state index in [2.05, 4.69) is 10.2 Å². The summed E-state index contributed by atoms with van der Waals surface area (Å²) in [5.74, 6) is -1.42. The zero-order valence-electron chi connectivity index (χ0n) is 11.5. The standard InChI is InChI=1S/C13H23N3O3/c1-10(12(17)18)8-14-13(19)16-7-4-11(9-16)15-5-2-3-6-15/h10-11H,2-9H2,1H3,(H,14,19)(H,17,18). The lowest BCUT2D eigenvalue weighted by Crippen LogP contribution is -2.43. The highest BCUT2D eigenvalue weighted by molar-refractivity contribution is 5.76. The fourth-order valence-electron chi connectivity index (χ4n) is 2.77. The Kier molecular flexibility index (Phi) is 4.63. The van der Waals surface area contributed by atoms with E-state index in [4.69, 9.17) is 5.11 Å². The Hall–Kier alpha value is -1.30. The van der Waals surface area contributed by atoms with Crippen molar-refractivity contribution in [2.75, 3.05) is 32.7 Å². The predicted molar refractivity (Wildman–Crippen MR) is 71.0 cm³/mol. The van der Waals surface area contributed by atoms with E-state index in [0.717, 1.165) is 32.6 Å². The quantitative estimate of drug-likeness (QED) is 0.783. The van der Waals surface area contributed by atoms with Crippen LogP contribution in [0.2, 0.25) is 0 Å². The smallest absolute Gasteiger partial charge is 0.317 e. The molecule has 2 atom stereocenters. The van der Waals surface area contributed by atoms with Crippen molar-refractivity contribution in [3.8, 4) is 0 Å². The monoisotopic (exact) mass is 269 g/mol. The summed E-state index contributed by atoms with van der Waals surface area (Å²) >= 11 is 0. The molecule has 0 bridgehead atoms. The first-order valence-electron chi connectivity index (χ1n) is 7.07. The molecule has 0 aliphatic carbocycles. The number of amides is 2. The van der Waals surface area contributed by atoms with Gasteiger partial charge in [0.05, 0.1) is 5.92 Å². The van der Waals surface area contributed by atoms with Gasteiger partial charge < -0.3 is 15.3 Å². The molecular formula is C13H23N3O3. The highest BCUT2D eigenvalue weighted by Gasteiger charge is 2.31. The summed E-state index contributed by atoms with van der Waals surface area (Å²) in [5, 5.41) is 11.5. The van der Waals surface area contributed by atoms with E-state index in [9.17, 15) is 9.59 Å². The highest BCUT2D eigenvalue weighted by atomic mass is 16.4. The summed E-state index contributed by atoms with van der Waals surface area (Å²) in [6.07, 6.45) is 3.56. The fraction of sp³-hybridized carbons (Fsp3) is 0.846. The molecule has 2 N–H and O–H groups in total.